The Balaban J connectivity index is 1.85. The fourth-order valence-corrected chi connectivity index (χ4v) is 3.76. The van der Waals surface area contributed by atoms with Gasteiger partial charge < -0.3 is 9.64 Å². The zero-order valence-corrected chi connectivity index (χ0v) is 15.1. The molecule has 128 valence electrons. The van der Waals surface area contributed by atoms with Gasteiger partial charge in [0.15, 0.2) is 5.82 Å². The summed E-state index contributed by atoms with van der Waals surface area (Å²) in [4.78, 5) is 11.5. The molecule has 0 radical (unpaired) electrons. The van der Waals surface area contributed by atoms with E-state index >= 15 is 0 Å². The quantitative estimate of drug-likeness (QED) is 0.832. The van der Waals surface area contributed by atoms with Crippen LogP contribution in [0.4, 0.5) is 5.82 Å². The number of rotatable bonds is 5. The van der Waals surface area contributed by atoms with Crippen molar-refractivity contribution in [1.29, 1.82) is 0 Å². The maximum Gasteiger partial charge on any atom is 0.156 e. The van der Waals surface area contributed by atoms with Gasteiger partial charge in [-0.25, -0.2) is 9.97 Å². The lowest BCUT2D eigenvalue weighted by Crippen LogP contribution is -2.34. The second-order valence-electron chi connectivity index (χ2n) is 6.84. The highest BCUT2D eigenvalue weighted by Crippen LogP contribution is 2.38. The smallest absolute Gasteiger partial charge is 0.156 e. The SMILES string of the molecule is COCc1nc(C)cc(N(C)[C@H]2CCC[C@@H]2c2ccc(C)cc2)n1. The number of anilines is 1. The van der Waals surface area contributed by atoms with Crippen molar-refractivity contribution in [3.8, 4) is 0 Å². The molecule has 1 heterocycles. The molecule has 2 atom stereocenters. The maximum atomic E-state index is 5.20. The van der Waals surface area contributed by atoms with Crippen LogP contribution in [0.15, 0.2) is 30.3 Å². The Morgan fingerprint density at radius 1 is 1.12 bits per heavy atom. The number of benzene rings is 1. The third kappa shape index (κ3) is 3.59. The molecule has 2 aromatic rings. The van der Waals surface area contributed by atoms with Crippen molar-refractivity contribution in [2.24, 2.45) is 0 Å². The average molecular weight is 325 g/mol. The van der Waals surface area contributed by atoms with Gasteiger partial charge in [-0.15, -0.1) is 0 Å². The van der Waals surface area contributed by atoms with E-state index in [1.807, 2.05) is 6.92 Å². The van der Waals surface area contributed by atoms with Gasteiger partial charge in [0.2, 0.25) is 0 Å². The zero-order valence-electron chi connectivity index (χ0n) is 15.1. The van der Waals surface area contributed by atoms with Crippen LogP contribution in [-0.2, 0) is 11.3 Å². The van der Waals surface area contributed by atoms with Gasteiger partial charge in [-0.2, -0.15) is 0 Å². The molecule has 4 nitrogen and oxygen atoms in total. The Morgan fingerprint density at radius 2 is 1.88 bits per heavy atom. The summed E-state index contributed by atoms with van der Waals surface area (Å²) in [5, 5.41) is 0. The van der Waals surface area contributed by atoms with Crippen LogP contribution in [0.3, 0.4) is 0 Å². The molecule has 0 bridgehead atoms. The van der Waals surface area contributed by atoms with Crippen molar-refractivity contribution in [2.45, 2.75) is 51.7 Å². The molecule has 0 spiro atoms. The minimum Gasteiger partial charge on any atom is -0.377 e. The minimum atomic E-state index is 0.453. The lowest BCUT2D eigenvalue weighted by Gasteiger charge is -2.31. The number of hydrogen-bond donors (Lipinski definition) is 0. The van der Waals surface area contributed by atoms with Crippen LogP contribution in [0.1, 0.15) is 47.8 Å². The molecule has 1 fully saturated rings. The molecule has 24 heavy (non-hydrogen) atoms. The van der Waals surface area contributed by atoms with Crippen molar-refractivity contribution in [2.75, 3.05) is 19.1 Å². The number of hydrogen-bond acceptors (Lipinski definition) is 4. The van der Waals surface area contributed by atoms with Gasteiger partial charge in [0.25, 0.3) is 0 Å². The Labute approximate surface area is 144 Å². The second-order valence-corrected chi connectivity index (χ2v) is 6.84. The van der Waals surface area contributed by atoms with E-state index in [0.29, 0.717) is 18.6 Å². The van der Waals surface area contributed by atoms with E-state index in [0.717, 1.165) is 17.3 Å². The summed E-state index contributed by atoms with van der Waals surface area (Å²) >= 11 is 0. The highest BCUT2D eigenvalue weighted by atomic mass is 16.5. The predicted molar refractivity (Wildman–Crippen MR) is 97.4 cm³/mol. The molecule has 0 unspecified atom stereocenters. The minimum absolute atomic E-state index is 0.453. The fourth-order valence-electron chi connectivity index (χ4n) is 3.76. The van der Waals surface area contributed by atoms with E-state index in [9.17, 15) is 0 Å². The summed E-state index contributed by atoms with van der Waals surface area (Å²) in [7, 11) is 3.84. The largest absolute Gasteiger partial charge is 0.377 e. The monoisotopic (exact) mass is 325 g/mol. The van der Waals surface area contributed by atoms with Crippen LogP contribution in [0.2, 0.25) is 0 Å². The van der Waals surface area contributed by atoms with E-state index < -0.39 is 0 Å². The Hall–Kier alpha value is -1.94. The van der Waals surface area contributed by atoms with Gasteiger partial charge in [0, 0.05) is 37.9 Å². The van der Waals surface area contributed by atoms with Gasteiger partial charge in [-0.1, -0.05) is 36.2 Å². The highest BCUT2D eigenvalue weighted by Gasteiger charge is 2.32. The van der Waals surface area contributed by atoms with Crippen molar-refractivity contribution in [3.63, 3.8) is 0 Å². The normalized spacial score (nSPS) is 20.3. The average Bonchev–Trinajstić information content (AvgIpc) is 3.04. The number of likely N-dealkylation sites (N-methyl/N-ethyl adjacent to an activating group) is 1. The van der Waals surface area contributed by atoms with Crippen LogP contribution in [-0.4, -0.2) is 30.2 Å². The van der Waals surface area contributed by atoms with E-state index in [1.165, 1.54) is 30.4 Å². The Kier molecular flexibility index (Phi) is 5.14. The molecule has 1 aromatic carbocycles. The third-order valence-electron chi connectivity index (χ3n) is 5.00. The molecule has 0 aliphatic heterocycles. The molecule has 1 aliphatic carbocycles. The van der Waals surface area contributed by atoms with Gasteiger partial charge in [-0.05, 0) is 32.3 Å². The summed E-state index contributed by atoms with van der Waals surface area (Å²) in [5.41, 5.74) is 3.75. The summed E-state index contributed by atoms with van der Waals surface area (Å²) in [6.45, 7) is 4.61. The lowest BCUT2D eigenvalue weighted by atomic mass is 9.92. The maximum absolute atomic E-state index is 5.20. The van der Waals surface area contributed by atoms with E-state index in [1.54, 1.807) is 7.11 Å². The standard InChI is InChI=1S/C20H27N3O/c1-14-8-10-16(11-9-14)17-6-5-7-18(17)23(3)20-12-15(2)21-19(22-20)13-24-4/h8-12,17-18H,5-7,13H2,1-4H3/t17-,18+/m1/s1. The molecule has 1 saturated carbocycles. The predicted octanol–water partition coefficient (Wildman–Crippen LogP) is 4.01. The lowest BCUT2D eigenvalue weighted by molar-refractivity contribution is 0.177. The second kappa shape index (κ2) is 7.31. The van der Waals surface area contributed by atoms with Gasteiger partial charge in [-0.3, -0.25) is 0 Å². The van der Waals surface area contributed by atoms with Crippen molar-refractivity contribution in [3.05, 3.63) is 53.0 Å². The number of aromatic nitrogens is 2. The fraction of sp³-hybridized carbons (Fsp3) is 0.500. The number of ether oxygens (including phenoxy) is 1. The van der Waals surface area contributed by atoms with Crippen LogP contribution >= 0.6 is 0 Å². The molecule has 0 N–H and O–H groups in total. The number of aryl methyl sites for hydroxylation is 2. The molecule has 4 heteroatoms. The third-order valence-corrected chi connectivity index (χ3v) is 5.00. The van der Waals surface area contributed by atoms with Crippen molar-refractivity contribution in [1.82, 2.24) is 9.97 Å². The molecular weight excluding hydrogens is 298 g/mol. The first-order valence-electron chi connectivity index (χ1n) is 8.71. The topological polar surface area (TPSA) is 38.2 Å². The Bertz CT molecular complexity index is 684. The highest BCUT2D eigenvalue weighted by molar-refractivity contribution is 5.42. The first kappa shape index (κ1) is 16.9. The zero-order chi connectivity index (χ0) is 17.1. The van der Waals surface area contributed by atoms with Crippen LogP contribution in [0, 0.1) is 13.8 Å². The Morgan fingerprint density at radius 3 is 2.58 bits per heavy atom. The van der Waals surface area contributed by atoms with Gasteiger partial charge in [0.05, 0.1) is 0 Å². The molecule has 3 rings (SSSR count). The molecule has 0 saturated heterocycles. The molecule has 1 aliphatic rings. The first-order valence-corrected chi connectivity index (χ1v) is 8.71. The molecule has 0 amide bonds. The number of methoxy groups -OCH3 is 1. The summed E-state index contributed by atoms with van der Waals surface area (Å²) in [6, 6.07) is 11.6. The van der Waals surface area contributed by atoms with Crippen molar-refractivity contribution < 1.29 is 4.74 Å². The first-order chi connectivity index (χ1) is 11.6. The van der Waals surface area contributed by atoms with Gasteiger partial charge >= 0.3 is 0 Å². The van der Waals surface area contributed by atoms with Crippen LogP contribution in [0.25, 0.3) is 0 Å². The van der Waals surface area contributed by atoms with Crippen LogP contribution < -0.4 is 4.90 Å². The summed E-state index contributed by atoms with van der Waals surface area (Å²) < 4.78 is 5.20. The molecule has 1 aromatic heterocycles. The van der Waals surface area contributed by atoms with E-state index in [-0.39, 0.29) is 0 Å². The summed E-state index contributed by atoms with van der Waals surface area (Å²) in [5.74, 6) is 2.32. The summed E-state index contributed by atoms with van der Waals surface area (Å²) in [6.07, 6.45) is 3.72. The van der Waals surface area contributed by atoms with Gasteiger partial charge in [0.1, 0.15) is 12.4 Å². The van der Waals surface area contributed by atoms with E-state index in [4.69, 9.17) is 9.72 Å². The van der Waals surface area contributed by atoms with E-state index in [2.05, 4.69) is 54.2 Å². The molecular formula is C20H27N3O. The van der Waals surface area contributed by atoms with Crippen LogP contribution in [0.5, 0.6) is 0 Å². The van der Waals surface area contributed by atoms with Crippen molar-refractivity contribution >= 4 is 5.82 Å². The number of nitrogens with zero attached hydrogens (tertiary/aromatic N) is 3.